The first-order valence-corrected chi connectivity index (χ1v) is 4.63. The van der Waals surface area contributed by atoms with Gasteiger partial charge in [-0.15, -0.1) is 0 Å². The molecule has 2 aromatic rings. The Labute approximate surface area is 87.0 Å². The van der Waals surface area contributed by atoms with E-state index >= 15 is 0 Å². The van der Waals surface area contributed by atoms with Crippen LogP contribution in [0.5, 0.6) is 0 Å². The lowest BCUT2D eigenvalue weighted by Crippen LogP contribution is -2.22. The number of nitrogen functional groups attached to an aromatic ring is 1. The Balaban J connectivity index is 2.34. The maximum atomic E-state index is 11.4. The van der Waals surface area contributed by atoms with E-state index in [1.54, 1.807) is 12.3 Å². The highest BCUT2D eigenvalue weighted by molar-refractivity contribution is 5.46. The highest BCUT2D eigenvalue weighted by Gasteiger charge is 2.00. The molecule has 0 saturated carbocycles. The van der Waals surface area contributed by atoms with E-state index in [2.05, 4.69) is 5.10 Å². The predicted octanol–water partition coefficient (Wildman–Crippen LogP) is 0.874. The van der Waals surface area contributed by atoms with Crippen LogP contribution >= 0.6 is 0 Å². The molecule has 0 aliphatic heterocycles. The zero-order chi connectivity index (χ0) is 10.7. The highest BCUT2D eigenvalue weighted by Crippen LogP contribution is 2.10. The van der Waals surface area contributed by atoms with E-state index in [0.29, 0.717) is 12.2 Å². The molecule has 0 spiro atoms. The Kier molecular flexibility index (Phi) is 2.49. The van der Waals surface area contributed by atoms with Crippen molar-refractivity contribution in [2.45, 2.75) is 6.54 Å². The van der Waals surface area contributed by atoms with Gasteiger partial charge in [-0.1, -0.05) is 18.2 Å². The van der Waals surface area contributed by atoms with Crippen LogP contribution in [0.25, 0.3) is 0 Å². The summed E-state index contributed by atoms with van der Waals surface area (Å²) in [5.74, 6) is 0. The molecule has 0 saturated heterocycles. The highest BCUT2D eigenvalue weighted by atomic mass is 16.1. The number of anilines is 1. The van der Waals surface area contributed by atoms with E-state index in [9.17, 15) is 4.79 Å². The van der Waals surface area contributed by atoms with Crippen LogP contribution in [-0.2, 0) is 6.54 Å². The SMILES string of the molecule is Nc1ccccc1Cn1ncccc1=O. The van der Waals surface area contributed by atoms with Crippen LogP contribution in [0.1, 0.15) is 5.56 Å². The minimum absolute atomic E-state index is 0.124. The molecular weight excluding hydrogens is 190 g/mol. The number of rotatable bonds is 2. The van der Waals surface area contributed by atoms with Crippen LogP contribution in [0.15, 0.2) is 47.4 Å². The number of hydrogen-bond acceptors (Lipinski definition) is 3. The molecule has 15 heavy (non-hydrogen) atoms. The molecule has 0 amide bonds. The van der Waals surface area contributed by atoms with Gasteiger partial charge in [0.2, 0.25) is 0 Å². The van der Waals surface area contributed by atoms with Gasteiger partial charge < -0.3 is 5.73 Å². The van der Waals surface area contributed by atoms with Gasteiger partial charge in [-0.05, 0) is 17.7 Å². The van der Waals surface area contributed by atoms with Crippen molar-refractivity contribution in [2.75, 3.05) is 5.73 Å². The Bertz CT molecular complexity index is 519. The van der Waals surface area contributed by atoms with E-state index in [0.717, 1.165) is 5.56 Å². The summed E-state index contributed by atoms with van der Waals surface area (Å²) in [6.07, 6.45) is 1.58. The summed E-state index contributed by atoms with van der Waals surface area (Å²) in [5, 5.41) is 3.96. The van der Waals surface area contributed by atoms with Gasteiger partial charge in [-0.2, -0.15) is 5.10 Å². The summed E-state index contributed by atoms with van der Waals surface area (Å²) in [6, 6.07) is 10.5. The molecule has 76 valence electrons. The van der Waals surface area contributed by atoms with E-state index in [1.807, 2.05) is 24.3 Å². The molecule has 0 fully saturated rings. The molecule has 1 aromatic carbocycles. The molecule has 0 radical (unpaired) electrons. The number of nitrogens with zero attached hydrogens (tertiary/aromatic N) is 2. The maximum Gasteiger partial charge on any atom is 0.267 e. The van der Waals surface area contributed by atoms with Crippen molar-refractivity contribution in [3.63, 3.8) is 0 Å². The lowest BCUT2D eigenvalue weighted by Gasteiger charge is -2.06. The van der Waals surface area contributed by atoms with Crippen molar-refractivity contribution in [1.82, 2.24) is 9.78 Å². The van der Waals surface area contributed by atoms with Crippen molar-refractivity contribution in [1.29, 1.82) is 0 Å². The van der Waals surface area contributed by atoms with E-state index in [-0.39, 0.29) is 5.56 Å². The van der Waals surface area contributed by atoms with E-state index in [1.165, 1.54) is 10.7 Å². The van der Waals surface area contributed by atoms with Crippen molar-refractivity contribution in [3.05, 3.63) is 58.5 Å². The average Bonchev–Trinajstić information content (AvgIpc) is 2.24. The third kappa shape index (κ3) is 2.04. The minimum atomic E-state index is -0.124. The largest absolute Gasteiger partial charge is 0.398 e. The predicted molar refractivity (Wildman–Crippen MR) is 58.5 cm³/mol. The summed E-state index contributed by atoms with van der Waals surface area (Å²) in [4.78, 5) is 11.4. The molecular formula is C11H11N3O. The van der Waals surface area contributed by atoms with Crippen LogP contribution in [0.2, 0.25) is 0 Å². The first-order valence-electron chi connectivity index (χ1n) is 4.63. The van der Waals surface area contributed by atoms with Crippen LogP contribution in [0.4, 0.5) is 5.69 Å². The molecule has 1 heterocycles. The molecule has 0 unspecified atom stereocenters. The average molecular weight is 201 g/mol. The zero-order valence-corrected chi connectivity index (χ0v) is 8.13. The molecule has 0 aliphatic carbocycles. The van der Waals surface area contributed by atoms with Crippen molar-refractivity contribution in [3.8, 4) is 0 Å². The fourth-order valence-electron chi connectivity index (χ4n) is 1.35. The topological polar surface area (TPSA) is 60.9 Å². The second-order valence-electron chi connectivity index (χ2n) is 3.22. The Morgan fingerprint density at radius 3 is 2.73 bits per heavy atom. The number of nitrogens with two attached hydrogens (primary N) is 1. The zero-order valence-electron chi connectivity index (χ0n) is 8.13. The second kappa shape index (κ2) is 3.96. The van der Waals surface area contributed by atoms with Gasteiger partial charge in [0.1, 0.15) is 0 Å². The van der Waals surface area contributed by atoms with Crippen molar-refractivity contribution in [2.24, 2.45) is 0 Å². The fraction of sp³-hybridized carbons (Fsp3) is 0.0909. The van der Waals surface area contributed by atoms with Crippen LogP contribution in [-0.4, -0.2) is 9.78 Å². The number of para-hydroxylation sites is 1. The number of aromatic nitrogens is 2. The third-order valence-electron chi connectivity index (χ3n) is 2.16. The monoisotopic (exact) mass is 201 g/mol. The van der Waals surface area contributed by atoms with E-state index in [4.69, 9.17) is 5.73 Å². The molecule has 0 aliphatic rings. The van der Waals surface area contributed by atoms with Gasteiger partial charge in [-0.25, -0.2) is 4.68 Å². The van der Waals surface area contributed by atoms with Crippen LogP contribution in [0.3, 0.4) is 0 Å². The molecule has 4 nitrogen and oxygen atoms in total. The van der Waals surface area contributed by atoms with Crippen molar-refractivity contribution >= 4 is 5.69 Å². The number of benzene rings is 1. The minimum Gasteiger partial charge on any atom is -0.398 e. The Hall–Kier alpha value is -2.10. The summed E-state index contributed by atoms with van der Waals surface area (Å²) >= 11 is 0. The molecule has 2 N–H and O–H groups in total. The third-order valence-corrected chi connectivity index (χ3v) is 2.16. The van der Waals surface area contributed by atoms with Gasteiger partial charge in [-0.3, -0.25) is 4.79 Å². The van der Waals surface area contributed by atoms with Gasteiger partial charge >= 0.3 is 0 Å². The lowest BCUT2D eigenvalue weighted by atomic mass is 10.2. The Morgan fingerprint density at radius 1 is 1.20 bits per heavy atom. The quantitative estimate of drug-likeness (QED) is 0.733. The molecule has 2 rings (SSSR count). The molecule has 1 aromatic heterocycles. The normalized spacial score (nSPS) is 10.1. The fourth-order valence-corrected chi connectivity index (χ4v) is 1.35. The van der Waals surface area contributed by atoms with E-state index < -0.39 is 0 Å². The van der Waals surface area contributed by atoms with Gasteiger partial charge in [0.25, 0.3) is 5.56 Å². The molecule has 0 atom stereocenters. The van der Waals surface area contributed by atoms with Gasteiger partial charge in [0.15, 0.2) is 0 Å². The van der Waals surface area contributed by atoms with Crippen molar-refractivity contribution < 1.29 is 0 Å². The number of hydrogen-bond donors (Lipinski definition) is 1. The maximum absolute atomic E-state index is 11.4. The van der Waals surface area contributed by atoms with Crippen LogP contribution in [0, 0.1) is 0 Å². The lowest BCUT2D eigenvalue weighted by molar-refractivity contribution is 0.640. The summed E-state index contributed by atoms with van der Waals surface area (Å²) in [5.41, 5.74) is 7.23. The van der Waals surface area contributed by atoms with Gasteiger partial charge in [0.05, 0.1) is 6.54 Å². The molecule has 4 heteroatoms. The standard InChI is InChI=1S/C11H11N3O/c12-10-5-2-1-4-9(10)8-14-11(15)6-3-7-13-14/h1-7H,8,12H2. The van der Waals surface area contributed by atoms with Gasteiger partial charge in [0, 0.05) is 18.0 Å². The summed E-state index contributed by atoms with van der Waals surface area (Å²) in [7, 11) is 0. The second-order valence-corrected chi connectivity index (χ2v) is 3.22. The first kappa shape index (κ1) is 9.45. The first-order chi connectivity index (χ1) is 7.27. The van der Waals surface area contributed by atoms with Crippen LogP contribution < -0.4 is 11.3 Å². The Morgan fingerprint density at radius 2 is 2.00 bits per heavy atom. The summed E-state index contributed by atoms with van der Waals surface area (Å²) in [6.45, 7) is 0.409. The molecule has 0 bridgehead atoms. The summed E-state index contributed by atoms with van der Waals surface area (Å²) < 4.78 is 1.38. The smallest absolute Gasteiger partial charge is 0.267 e.